The maximum Gasteiger partial charge on any atom is 0.302 e. The molecule has 1 atom stereocenters. The number of ether oxygens (including phenoxy) is 1. The van der Waals surface area contributed by atoms with Crippen LogP contribution in [0.1, 0.15) is 13.3 Å². The van der Waals surface area contributed by atoms with Gasteiger partial charge >= 0.3 is 5.97 Å². The summed E-state index contributed by atoms with van der Waals surface area (Å²) in [6.07, 6.45) is 2.43. The maximum atomic E-state index is 10.5. The van der Waals surface area contributed by atoms with Gasteiger partial charge in [-0.05, 0) is 12.7 Å². The molecular weight excluding hydrogens is 141 g/mol. The predicted molar refractivity (Wildman–Crippen MR) is 41.2 cm³/mol. The molecule has 1 heterocycles. The van der Waals surface area contributed by atoms with Crippen LogP contribution >= 0.6 is 0 Å². The van der Waals surface area contributed by atoms with E-state index >= 15 is 0 Å². The molecule has 1 aliphatic heterocycles. The fraction of sp³-hybridized carbons (Fsp3) is 0.714. The van der Waals surface area contributed by atoms with E-state index in [1.54, 1.807) is 0 Å². The van der Waals surface area contributed by atoms with Crippen molar-refractivity contribution in [3.8, 4) is 5.97 Å². The first-order chi connectivity index (χ1) is 5.22. The van der Waals surface area contributed by atoms with Crippen molar-refractivity contribution in [2.75, 3.05) is 0 Å². The second kappa shape index (κ2) is 3.43. The lowest BCUT2D eigenvalue weighted by molar-refractivity contribution is -0.145. The molecule has 0 aromatic carbocycles. The van der Waals surface area contributed by atoms with E-state index in [4.69, 9.17) is 10.00 Å². The molecule has 58 valence electrons. The zero-order chi connectivity index (χ0) is 8.27. The third-order valence-corrected chi connectivity index (χ3v) is 1.90. The predicted octanol–water partition coefficient (Wildman–Crippen LogP) is 0.879. The van der Waals surface area contributed by atoms with E-state index in [2.05, 4.69) is 5.97 Å². The van der Waals surface area contributed by atoms with Gasteiger partial charge in [0.05, 0.1) is 6.10 Å². The third-order valence-electron chi connectivity index (χ3n) is 1.90. The van der Waals surface area contributed by atoms with Crippen LogP contribution in [0.3, 0.4) is 0 Å². The van der Waals surface area contributed by atoms with Crippen LogP contribution in [0.5, 0.6) is 0 Å². The van der Waals surface area contributed by atoms with Gasteiger partial charge in [-0.2, -0.15) is 0 Å². The highest BCUT2D eigenvalue weighted by molar-refractivity contribution is 6.67. The minimum atomic E-state index is -0.242. The first kappa shape index (κ1) is 8.12. The molecule has 0 spiro atoms. The molecule has 0 aliphatic carbocycles. The molecule has 1 saturated heterocycles. The van der Waals surface area contributed by atoms with Crippen LogP contribution in [0.15, 0.2) is 0 Å². The Balaban J connectivity index is 2.31. The molecule has 1 rings (SSSR count). The van der Waals surface area contributed by atoms with Gasteiger partial charge in [0, 0.05) is 12.9 Å². The number of hydrogen-bond acceptors (Lipinski definition) is 3. The fourth-order valence-corrected chi connectivity index (χ4v) is 1.40. The standard InChI is InChI=1S/C7H10BNO2/c1-6(10)11-7-2-3-8(4-7)5-9/h7H,2-4H2,1H3. The summed E-state index contributed by atoms with van der Waals surface area (Å²) in [6.45, 7) is 1.50. The van der Waals surface area contributed by atoms with Gasteiger partial charge in [0.2, 0.25) is 0 Å². The number of carbonyl (C=O) groups excluding carboxylic acids is 1. The molecule has 0 radical (unpaired) electrons. The summed E-state index contributed by atoms with van der Waals surface area (Å²) in [4.78, 5) is 10.5. The summed E-state index contributed by atoms with van der Waals surface area (Å²) in [5.74, 6) is 1.93. The van der Waals surface area contributed by atoms with Gasteiger partial charge in [-0.1, -0.05) is 6.32 Å². The second-order valence-electron chi connectivity index (χ2n) is 2.87. The van der Waals surface area contributed by atoms with Crippen molar-refractivity contribution in [1.82, 2.24) is 0 Å². The van der Waals surface area contributed by atoms with Gasteiger partial charge in [-0.15, -0.1) is 0 Å². The second-order valence-corrected chi connectivity index (χ2v) is 2.87. The van der Waals surface area contributed by atoms with E-state index in [1.807, 2.05) is 0 Å². The van der Waals surface area contributed by atoms with Crippen LogP contribution in [0.25, 0.3) is 0 Å². The van der Waals surface area contributed by atoms with E-state index in [0.29, 0.717) is 0 Å². The molecule has 11 heavy (non-hydrogen) atoms. The molecule has 0 N–H and O–H groups in total. The summed E-state index contributed by atoms with van der Waals surface area (Å²) in [5, 5.41) is 8.53. The Kier molecular flexibility index (Phi) is 2.53. The Labute approximate surface area is 66.4 Å². The van der Waals surface area contributed by atoms with Gasteiger partial charge < -0.3 is 4.74 Å². The van der Waals surface area contributed by atoms with Crippen LogP contribution in [-0.4, -0.2) is 18.8 Å². The van der Waals surface area contributed by atoms with E-state index in [9.17, 15) is 4.79 Å². The Hall–Kier alpha value is -0.975. The fourth-order valence-electron chi connectivity index (χ4n) is 1.40. The van der Waals surface area contributed by atoms with Gasteiger partial charge in [0.25, 0.3) is 6.71 Å². The summed E-state index contributed by atoms with van der Waals surface area (Å²) in [7, 11) is 0. The first-order valence-corrected chi connectivity index (χ1v) is 3.79. The molecule has 0 aromatic heterocycles. The van der Waals surface area contributed by atoms with E-state index in [-0.39, 0.29) is 18.8 Å². The summed E-state index contributed by atoms with van der Waals surface area (Å²) >= 11 is 0. The van der Waals surface area contributed by atoms with Gasteiger partial charge in [-0.25, -0.2) is 5.26 Å². The number of carbonyl (C=O) groups is 1. The minimum absolute atomic E-state index is 0.00264. The molecule has 0 saturated carbocycles. The normalized spacial score (nSPS) is 22.9. The topological polar surface area (TPSA) is 50.1 Å². The van der Waals surface area contributed by atoms with Crippen molar-refractivity contribution in [3.63, 3.8) is 0 Å². The number of esters is 1. The largest absolute Gasteiger partial charge is 0.463 e. The Bertz CT molecular complexity index is 199. The zero-order valence-corrected chi connectivity index (χ0v) is 6.54. The van der Waals surface area contributed by atoms with Crippen LogP contribution < -0.4 is 0 Å². The quantitative estimate of drug-likeness (QED) is 0.412. The minimum Gasteiger partial charge on any atom is -0.463 e. The van der Waals surface area contributed by atoms with E-state index < -0.39 is 0 Å². The van der Waals surface area contributed by atoms with Gasteiger partial charge in [-0.3, -0.25) is 4.79 Å². The lowest BCUT2D eigenvalue weighted by Crippen LogP contribution is -2.13. The monoisotopic (exact) mass is 151 g/mol. The average Bonchev–Trinajstić information content (AvgIpc) is 2.34. The Morgan fingerprint density at radius 2 is 2.55 bits per heavy atom. The van der Waals surface area contributed by atoms with Crippen LogP contribution in [0.4, 0.5) is 0 Å². The highest BCUT2D eigenvalue weighted by Gasteiger charge is 2.29. The van der Waals surface area contributed by atoms with Crippen molar-refractivity contribution in [2.24, 2.45) is 0 Å². The van der Waals surface area contributed by atoms with Crippen molar-refractivity contribution >= 4 is 12.7 Å². The van der Waals surface area contributed by atoms with Crippen molar-refractivity contribution < 1.29 is 9.53 Å². The SMILES string of the molecule is CC(=O)OC1CCB(C#N)C1. The molecule has 0 bridgehead atoms. The molecule has 1 fully saturated rings. The maximum absolute atomic E-state index is 10.5. The van der Waals surface area contributed by atoms with Crippen molar-refractivity contribution in [3.05, 3.63) is 0 Å². The Morgan fingerprint density at radius 1 is 1.82 bits per heavy atom. The molecule has 3 nitrogen and oxygen atoms in total. The molecule has 1 unspecified atom stereocenters. The van der Waals surface area contributed by atoms with Gasteiger partial charge in [0.15, 0.2) is 0 Å². The Morgan fingerprint density at radius 3 is 3.00 bits per heavy atom. The van der Waals surface area contributed by atoms with E-state index in [1.165, 1.54) is 6.92 Å². The summed E-state index contributed by atoms with van der Waals surface area (Å²) in [5.41, 5.74) is 0. The number of hydrogen-bond donors (Lipinski definition) is 0. The number of nitriles is 1. The van der Waals surface area contributed by atoms with Crippen LogP contribution in [0, 0.1) is 11.2 Å². The summed E-state index contributed by atoms with van der Waals surface area (Å²) < 4.78 is 4.95. The van der Waals surface area contributed by atoms with Crippen molar-refractivity contribution in [2.45, 2.75) is 32.1 Å². The zero-order valence-electron chi connectivity index (χ0n) is 6.54. The first-order valence-electron chi connectivity index (χ1n) is 3.79. The van der Waals surface area contributed by atoms with Crippen LogP contribution in [0.2, 0.25) is 12.6 Å². The lowest BCUT2D eigenvalue weighted by Gasteiger charge is -2.07. The van der Waals surface area contributed by atoms with E-state index in [0.717, 1.165) is 19.1 Å². The third kappa shape index (κ3) is 2.26. The van der Waals surface area contributed by atoms with Crippen molar-refractivity contribution in [1.29, 1.82) is 5.26 Å². The highest BCUT2D eigenvalue weighted by atomic mass is 16.5. The lowest BCUT2D eigenvalue weighted by atomic mass is 9.50. The van der Waals surface area contributed by atoms with Gasteiger partial charge in [0.1, 0.15) is 0 Å². The van der Waals surface area contributed by atoms with Crippen LogP contribution in [-0.2, 0) is 9.53 Å². The number of rotatable bonds is 1. The molecule has 0 amide bonds. The molecule has 1 aliphatic rings. The number of nitrogens with zero attached hydrogens (tertiary/aromatic N) is 1. The smallest absolute Gasteiger partial charge is 0.302 e. The molecule has 4 heteroatoms. The summed E-state index contributed by atoms with van der Waals surface area (Å²) in [6, 6.07) is 0. The molecule has 0 aromatic rings. The average molecular weight is 151 g/mol. The highest BCUT2D eigenvalue weighted by Crippen LogP contribution is 2.22. The molecular formula is C7H10BNO2.